The van der Waals surface area contributed by atoms with Crippen LogP contribution in [-0.4, -0.2) is 4.99 Å². The molecule has 0 radical (unpaired) electrons. The van der Waals surface area contributed by atoms with Gasteiger partial charge in [0.15, 0.2) is 0 Å². The fourth-order valence-corrected chi connectivity index (χ4v) is 1.93. The van der Waals surface area contributed by atoms with Crippen LogP contribution >= 0.6 is 12.2 Å². The number of thiocarbonyl (C=S) groups is 1. The summed E-state index contributed by atoms with van der Waals surface area (Å²) < 4.78 is 43.8. The molecule has 0 saturated carbocycles. The van der Waals surface area contributed by atoms with Crippen molar-refractivity contribution in [2.75, 3.05) is 0 Å². The molecular formula is C15H12F3NOS. The monoisotopic (exact) mass is 311 g/mol. The zero-order valence-electron chi connectivity index (χ0n) is 10.9. The Labute approximate surface area is 125 Å². The lowest BCUT2D eigenvalue weighted by molar-refractivity contribution is -0.139. The Balaban J connectivity index is 2.17. The summed E-state index contributed by atoms with van der Waals surface area (Å²) in [6.45, 7) is 0.00352. The first-order chi connectivity index (χ1) is 9.88. The van der Waals surface area contributed by atoms with Gasteiger partial charge >= 0.3 is 6.18 Å². The molecule has 0 aliphatic carbocycles. The molecule has 21 heavy (non-hydrogen) atoms. The summed E-state index contributed by atoms with van der Waals surface area (Å²) in [6.07, 6.45) is -4.45. The minimum absolute atomic E-state index is 0.00352. The number of alkyl halides is 3. The van der Waals surface area contributed by atoms with E-state index in [1.165, 1.54) is 18.2 Å². The van der Waals surface area contributed by atoms with Crippen molar-refractivity contribution in [1.29, 1.82) is 0 Å². The molecule has 0 amide bonds. The van der Waals surface area contributed by atoms with E-state index < -0.39 is 11.7 Å². The highest BCUT2D eigenvalue weighted by Crippen LogP contribution is 2.36. The lowest BCUT2D eigenvalue weighted by Crippen LogP contribution is -2.10. The van der Waals surface area contributed by atoms with Gasteiger partial charge < -0.3 is 10.5 Å². The van der Waals surface area contributed by atoms with Crippen LogP contribution in [0.1, 0.15) is 16.7 Å². The number of rotatable bonds is 4. The highest BCUT2D eigenvalue weighted by Gasteiger charge is 2.33. The second-order valence-corrected chi connectivity index (χ2v) is 4.79. The third kappa shape index (κ3) is 3.95. The third-order valence-electron chi connectivity index (χ3n) is 2.80. The standard InChI is InChI=1S/C15H12F3NOS/c16-15(17,18)12-6-1-2-7-13(12)20-9-10-4-3-5-11(8-10)14(19)21/h1-8H,9H2,(H2,19,21). The molecular weight excluding hydrogens is 299 g/mol. The van der Waals surface area contributed by atoms with E-state index >= 15 is 0 Å². The van der Waals surface area contributed by atoms with Gasteiger partial charge in [0.25, 0.3) is 0 Å². The molecule has 2 aromatic rings. The Hall–Kier alpha value is -2.08. The van der Waals surface area contributed by atoms with Gasteiger partial charge in [-0.05, 0) is 23.8 Å². The third-order valence-corrected chi connectivity index (χ3v) is 3.03. The molecule has 0 unspecified atom stereocenters. The summed E-state index contributed by atoms with van der Waals surface area (Å²) in [5.74, 6) is -0.203. The highest BCUT2D eigenvalue weighted by molar-refractivity contribution is 7.80. The normalized spacial score (nSPS) is 11.2. The number of para-hydroxylation sites is 1. The second-order valence-electron chi connectivity index (χ2n) is 4.35. The molecule has 0 aromatic heterocycles. The average Bonchev–Trinajstić information content (AvgIpc) is 2.45. The predicted molar refractivity (Wildman–Crippen MR) is 78.1 cm³/mol. The summed E-state index contributed by atoms with van der Waals surface area (Å²) in [5, 5.41) is 0. The molecule has 0 atom stereocenters. The van der Waals surface area contributed by atoms with Crippen molar-refractivity contribution in [3.63, 3.8) is 0 Å². The summed E-state index contributed by atoms with van der Waals surface area (Å²) >= 11 is 4.86. The average molecular weight is 311 g/mol. The quantitative estimate of drug-likeness (QED) is 0.869. The maximum absolute atomic E-state index is 12.8. The first-order valence-corrected chi connectivity index (χ1v) is 6.46. The van der Waals surface area contributed by atoms with Crippen LogP contribution in [0.25, 0.3) is 0 Å². The Morgan fingerprint density at radius 2 is 1.81 bits per heavy atom. The van der Waals surface area contributed by atoms with Gasteiger partial charge in [0.05, 0.1) is 5.56 Å². The van der Waals surface area contributed by atoms with E-state index in [2.05, 4.69) is 0 Å². The molecule has 2 rings (SSSR count). The van der Waals surface area contributed by atoms with Crippen LogP contribution in [0.2, 0.25) is 0 Å². The molecule has 2 N–H and O–H groups in total. The molecule has 2 nitrogen and oxygen atoms in total. The van der Waals surface area contributed by atoms with Crippen molar-refractivity contribution in [3.8, 4) is 5.75 Å². The second kappa shape index (κ2) is 6.13. The molecule has 6 heteroatoms. The summed E-state index contributed by atoms with van der Waals surface area (Å²) in [4.78, 5) is 0.229. The van der Waals surface area contributed by atoms with Crippen LogP contribution in [0.15, 0.2) is 48.5 Å². The van der Waals surface area contributed by atoms with Gasteiger partial charge in [0, 0.05) is 5.56 Å². The van der Waals surface area contributed by atoms with Gasteiger partial charge in [-0.25, -0.2) is 0 Å². The van der Waals surface area contributed by atoms with E-state index in [9.17, 15) is 13.2 Å². The van der Waals surface area contributed by atoms with E-state index in [1.807, 2.05) is 0 Å². The molecule has 0 aliphatic heterocycles. The number of hydrogen-bond donors (Lipinski definition) is 1. The number of hydrogen-bond acceptors (Lipinski definition) is 2. The van der Waals surface area contributed by atoms with E-state index in [1.54, 1.807) is 24.3 Å². The fraction of sp³-hybridized carbons (Fsp3) is 0.133. The number of ether oxygens (including phenoxy) is 1. The van der Waals surface area contributed by atoms with Crippen molar-refractivity contribution in [3.05, 3.63) is 65.2 Å². The van der Waals surface area contributed by atoms with Gasteiger partial charge in [0.1, 0.15) is 17.3 Å². The summed E-state index contributed by atoms with van der Waals surface area (Å²) in [7, 11) is 0. The Bertz CT molecular complexity index is 655. The fourth-order valence-electron chi connectivity index (χ4n) is 1.80. The zero-order chi connectivity index (χ0) is 15.5. The van der Waals surface area contributed by atoms with Crippen molar-refractivity contribution >= 4 is 17.2 Å². The topological polar surface area (TPSA) is 35.2 Å². The first-order valence-electron chi connectivity index (χ1n) is 6.05. The minimum atomic E-state index is -4.45. The smallest absolute Gasteiger partial charge is 0.419 e. The zero-order valence-corrected chi connectivity index (χ0v) is 11.7. The largest absolute Gasteiger partial charge is 0.488 e. The van der Waals surface area contributed by atoms with Gasteiger partial charge in [-0.1, -0.05) is 42.5 Å². The van der Waals surface area contributed by atoms with E-state index in [-0.39, 0.29) is 17.3 Å². The van der Waals surface area contributed by atoms with Crippen LogP contribution in [0.3, 0.4) is 0 Å². The van der Waals surface area contributed by atoms with Gasteiger partial charge in [-0.15, -0.1) is 0 Å². The maximum atomic E-state index is 12.8. The number of nitrogens with two attached hydrogens (primary N) is 1. The van der Waals surface area contributed by atoms with E-state index in [0.29, 0.717) is 11.1 Å². The molecule has 0 bridgehead atoms. The van der Waals surface area contributed by atoms with Gasteiger partial charge in [-0.3, -0.25) is 0 Å². The van der Waals surface area contributed by atoms with Crippen LogP contribution in [0.5, 0.6) is 5.75 Å². The lowest BCUT2D eigenvalue weighted by atomic mass is 10.1. The molecule has 2 aromatic carbocycles. The van der Waals surface area contributed by atoms with Crippen LogP contribution in [0.4, 0.5) is 13.2 Å². The van der Waals surface area contributed by atoms with Crippen LogP contribution in [-0.2, 0) is 12.8 Å². The van der Waals surface area contributed by atoms with Gasteiger partial charge in [-0.2, -0.15) is 13.2 Å². The Kier molecular flexibility index (Phi) is 4.47. The van der Waals surface area contributed by atoms with E-state index in [4.69, 9.17) is 22.7 Å². The lowest BCUT2D eigenvalue weighted by Gasteiger charge is -2.14. The molecule has 0 heterocycles. The molecule has 0 spiro atoms. The molecule has 0 saturated heterocycles. The molecule has 0 aliphatic rings. The van der Waals surface area contributed by atoms with Crippen molar-refractivity contribution < 1.29 is 17.9 Å². The van der Waals surface area contributed by atoms with Gasteiger partial charge in [0.2, 0.25) is 0 Å². The van der Waals surface area contributed by atoms with Crippen LogP contribution in [0, 0.1) is 0 Å². The van der Waals surface area contributed by atoms with Crippen molar-refractivity contribution in [2.24, 2.45) is 5.73 Å². The van der Waals surface area contributed by atoms with Crippen molar-refractivity contribution in [2.45, 2.75) is 12.8 Å². The number of benzene rings is 2. The molecule has 110 valence electrons. The predicted octanol–water partition coefficient (Wildman–Crippen LogP) is 3.92. The van der Waals surface area contributed by atoms with Crippen molar-refractivity contribution in [1.82, 2.24) is 0 Å². The maximum Gasteiger partial charge on any atom is 0.419 e. The summed E-state index contributed by atoms with van der Waals surface area (Å²) in [5.41, 5.74) is 6.06. The SMILES string of the molecule is NC(=S)c1cccc(COc2ccccc2C(F)(F)F)c1. The number of halogens is 3. The van der Waals surface area contributed by atoms with E-state index in [0.717, 1.165) is 6.07 Å². The Morgan fingerprint density at radius 3 is 2.48 bits per heavy atom. The first kappa shape index (κ1) is 15.3. The minimum Gasteiger partial charge on any atom is -0.488 e. The Morgan fingerprint density at radius 1 is 1.10 bits per heavy atom. The molecule has 0 fully saturated rings. The highest BCUT2D eigenvalue weighted by atomic mass is 32.1. The van der Waals surface area contributed by atoms with Crippen LogP contribution < -0.4 is 10.5 Å². The summed E-state index contributed by atoms with van der Waals surface area (Å²) in [6, 6.07) is 12.0.